The zero-order chi connectivity index (χ0) is 14.2. The van der Waals surface area contributed by atoms with Crippen molar-refractivity contribution in [2.75, 3.05) is 0 Å². The monoisotopic (exact) mass is 297 g/mol. The predicted octanol–water partition coefficient (Wildman–Crippen LogP) is 2.02. The van der Waals surface area contributed by atoms with Crippen molar-refractivity contribution in [2.24, 2.45) is 5.14 Å². The summed E-state index contributed by atoms with van der Waals surface area (Å²) in [6.07, 6.45) is 6.98. The van der Waals surface area contributed by atoms with Crippen molar-refractivity contribution in [3.63, 3.8) is 0 Å². The Kier molecular flexibility index (Phi) is 3.35. The van der Waals surface area contributed by atoms with Crippen molar-refractivity contribution >= 4 is 10.0 Å². The minimum Gasteiger partial charge on any atom is -0.451 e. The zero-order valence-electron chi connectivity index (χ0n) is 10.8. The van der Waals surface area contributed by atoms with E-state index in [1.54, 1.807) is 0 Å². The second kappa shape index (κ2) is 5.02. The highest BCUT2D eigenvalue weighted by molar-refractivity contribution is 7.89. The Morgan fingerprint density at radius 1 is 1.25 bits per heavy atom. The van der Waals surface area contributed by atoms with Gasteiger partial charge < -0.3 is 8.94 Å². The van der Waals surface area contributed by atoms with E-state index in [0.29, 0.717) is 17.3 Å². The third-order valence-corrected chi connectivity index (χ3v) is 4.29. The average Bonchev–Trinajstić information content (AvgIpc) is 3.08. The molecule has 0 unspecified atom stereocenters. The van der Waals surface area contributed by atoms with Gasteiger partial charge in [0.2, 0.25) is 5.09 Å². The largest absolute Gasteiger partial charge is 0.451 e. The maximum atomic E-state index is 11.1. The molecule has 2 heterocycles. The molecule has 0 atom stereocenters. The standard InChI is InChI=1S/C12H15N3O4S/c13-20(16,17)10-6-9(7-18-10)12-14-11(15-19-12)8-4-2-1-3-5-8/h6-8H,1-5H2,(H2,13,16,17). The van der Waals surface area contributed by atoms with Gasteiger partial charge in [0, 0.05) is 12.0 Å². The van der Waals surface area contributed by atoms with Crippen LogP contribution in [0.1, 0.15) is 43.8 Å². The normalized spacial score (nSPS) is 17.4. The number of hydrogen-bond acceptors (Lipinski definition) is 6. The average molecular weight is 297 g/mol. The number of primary sulfonamides is 1. The van der Waals surface area contributed by atoms with E-state index in [9.17, 15) is 8.42 Å². The summed E-state index contributed by atoms with van der Waals surface area (Å²) in [7, 11) is -3.86. The van der Waals surface area contributed by atoms with Gasteiger partial charge in [-0.1, -0.05) is 24.4 Å². The quantitative estimate of drug-likeness (QED) is 0.927. The highest BCUT2D eigenvalue weighted by atomic mass is 32.2. The lowest BCUT2D eigenvalue weighted by Gasteiger charge is -2.17. The van der Waals surface area contributed by atoms with Gasteiger partial charge in [-0.3, -0.25) is 0 Å². The van der Waals surface area contributed by atoms with E-state index in [4.69, 9.17) is 14.1 Å². The van der Waals surface area contributed by atoms with E-state index < -0.39 is 10.0 Å². The van der Waals surface area contributed by atoms with E-state index in [1.807, 2.05) is 0 Å². The van der Waals surface area contributed by atoms with Crippen molar-refractivity contribution in [3.8, 4) is 11.5 Å². The first-order valence-electron chi connectivity index (χ1n) is 6.49. The van der Waals surface area contributed by atoms with Crippen LogP contribution in [0.3, 0.4) is 0 Å². The summed E-state index contributed by atoms with van der Waals surface area (Å²) in [5.41, 5.74) is 0.420. The molecule has 0 saturated heterocycles. The third-order valence-electron chi connectivity index (χ3n) is 3.51. The minimum absolute atomic E-state index is 0.254. The van der Waals surface area contributed by atoms with Crippen LogP contribution in [0.5, 0.6) is 0 Å². The molecule has 0 radical (unpaired) electrons. The maximum Gasteiger partial charge on any atom is 0.271 e. The fourth-order valence-corrected chi connectivity index (χ4v) is 2.93. The van der Waals surface area contributed by atoms with Crippen LogP contribution in [-0.4, -0.2) is 18.6 Å². The molecule has 3 rings (SSSR count). The van der Waals surface area contributed by atoms with Gasteiger partial charge in [-0.2, -0.15) is 4.98 Å². The van der Waals surface area contributed by atoms with E-state index >= 15 is 0 Å². The molecule has 0 aliphatic heterocycles. The SMILES string of the molecule is NS(=O)(=O)c1cc(-c2nc(C3CCCCC3)no2)co1. The van der Waals surface area contributed by atoms with Gasteiger partial charge in [-0.15, -0.1) is 0 Å². The van der Waals surface area contributed by atoms with E-state index in [2.05, 4.69) is 10.1 Å². The molecular weight excluding hydrogens is 282 g/mol. The first-order valence-corrected chi connectivity index (χ1v) is 8.04. The summed E-state index contributed by atoms with van der Waals surface area (Å²) < 4.78 is 32.4. The number of sulfonamides is 1. The summed E-state index contributed by atoms with van der Waals surface area (Å²) >= 11 is 0. The number of nitrogens with zero attached hydrogens (tertiary/aromatic N) is 2. The van der Waals surface area contributed by atoms with Crippen LogP contribution in [0.15, 0.2) is 26.4 Å². The molecule has 7 nitrogen and oxygen atoms in total. The van der Waals surface area contributed by atoms with Crippen molar-refractivity contribution in [2.45, 2.75) is 43.1 Å². The fourth-order valence-electron chi connectivity index (χ4n) is 2.46. The molecule has 1 aliphatic rings. The second-order valence-corrected chi connectivity index (χ2v) is 6.48. The number of rotatable bonds is 3. The highest BCUT2D eigenvalue weighted by Gasteiger charge is 2.23. The first kappa shape index (κ1) is 13.3. The molecule has 20 heavy (non-hydrogen) atoms. The van der Waals surface area contributed by atoms with Gasteiger partial charge >= 0.3 is 0 Å². The Labute approximate surface area is 116 Å². The van der Waals surface area contributed by atoms with Crippen molar-refractivity contribution < 1.29 is 17.4 Å². The minimum atomic E-state index is -3.86. The van der Waals surface area contributed by atoms with Gasteiger partial charge in [0.05, 0.1) is 5.56 Å². The molecule has 1 saturated carbocycles. The highest BCUT2D eigenvalue weighted by Crippen LogP contribution is 2.32. The Bertz CT molecular complexity index is 698. The third kappa shape index (κ3) is 2.61. The predicted molar refractivity (Wildman–Crippen MR) is 69.2 cm³/mol. The van der Waals surface area contributed by atoms with Crippen LogP contribution in [0, 0.1) is 0 Å². The van der Waals surface area contributed by atoms with Crippen molar-refractivity contribution in [1.82, 2.24) is 10.1 Å². The van der Waals surface area contributed by atoms with Crippen molar-refractivity contribution in [1.29, 1.82) is 0 Å². The summed E-state index contributed by atoms with van der Waals surface area (Å²) in [5.74, 6) is 1.26. The summed E-state index contributed by atoms with van der Waals surface area (Å²) in [6.45, 7) is 0. The Morgan fingerprint density at radius 2 is 2.00 bits per heavy atom. The van der Waals surface area contributed by atoms with Gasteiger partial charge in [0.1, 0.15) is 6.26 Å². The zero-order valence-corrected chi connectivity index (χ0v) is 11.6. The lowest BCUT2D eigenvalue weighted by molar-refractivity contribution is 0.385. The number of aromatic nitrogens is 2. The second-order valence-electron chi connectivity index (χ2n) is 4.99. The van der Waals surface area contributed by atoms with E-state index in [0.717, 1.165) is 12.8 Å². The summed E-state index contributed by atoms with van der Waals surface area (Å²) in [4.78, 5) is 4.33. The molecular formula is C12H15N3O4S. The Hall–Kier alpha value is -1.67. The van der Waals surface area contributed by atoms with Crippen LogP contribution < -0.4 is 5.14 Å². The number of nitrogens with two attached hydrogens (primary N) is 1. The van der Waals surface area contributed by atoms with Crippen LogP contribution in [0.2, 0.25) is 0 Å². The van der Waals surface area contributed by atoms with E-state index in [1.165, 1.54) is 31.6 Å². The summed E-state index contributed by atoms with van der Waals surface area (Å²) in [6, 6.07) is 1.29. The molecule has 2 aromatic rings. The van der Waals surface area contributed by atoms with E-state index in [-0.39, 0.29) is 11.0 Å². The molecule has 2 aromatic heterocycles. The molecule has 1 fully saturated rings. The topological polar surface area (TPSA) is 112 Å². The number of furan rings is 1. The van der Waals surface area contributed by atoms with Gasteiger partial charge in [-0.05, 0) is 12.8 Å². The van der Waals surface area contributed by atoms with Crippen LogP contribution in [0.25, 0.3) is 11.5 Å². The smallest absolute Gasteiger partial charge is 0.271 e. The van der Waals surface area contributed by atoms with Crippen LogP contribution in [-0.2, 0) is 10.0 Å². The first-order chi connectivity index (χ1) is 9.54. The molecule has 8 heteroatoms. The molecule has 108 valence electrons. The molecule has 1 aliphatic carbocycles. The van der Waals surface area contributed by atoms with Gasteiger partial charge in [-0.25, -0.2) is 13.6 Å². The Balaban J connectivity index is 1.84. The van der Waals surface area contributed by atoms with Gasteiger partial charge in [0.25, 0.3) is 15.9 Å². The molecule has 2 N–H and O–H groups in total. The maximum absolute atomic E-state index is 11.1. The lowest BCUT2D eigenvalue weighted by Crippen LogP contribution is -2.10. The molecule has 0 amide bonds. The van der Waals surface area contributed by atoms with Crippen LogP contribution in [0.4, 0.5) is 0 Å². The lowest BCUT2D eigenvalue weighted by atomic mass is 9.89. The fraction of sp³-hybridized carbons (Fsp3) is 0.500. The number of hydrogen-bond donors (Lipinski definition) is 1. The van der Waals surface area contributed by atoms with Crippen LogP contribution >= 0.6 is 0 Å². The summed E-state index contributed by atoms with van der Waals surface area (Å²) in [5, 5.41) is 8.65. The molecule has 0 aromatic carbocycles. The molecule has 0 spiro atoms. The van der Waals surface area contributed by atoms with Crippen molar-refractivity contribution in [3.05, 3.63) is 18.2 Å². The Morgan fingerprint density at radius 3 is 2.65 bits per heavy atom. The van der Waals surface area contributed by atoms with Gasteiger partial charge in [0.15, 0.2) is 5.82 Å². The molecule has 0 bridgehead atoms.